The van der Waals surface area contributed by atoms with Crippen LogP contribution in [-0.2, 0) is 7.05 Å². The van der Waals surface area contributed by atoms with E-state index < -0.39 is 11.6 Å². The summed E-state index contributed by atoms with van der Waals surface area (Å²) in [5.74, 6) is 1.88. The predicted molar refractivity (Wildman–Crippen MR) is 116 cm³/mol. The molecule has 0 spiro atoms. The number of rotatable bonds is 3. The lowest BCUT2D eigenvalue weighted by atomic mass is 9.62. The number of halogens is 2. The first kappa shape index (κ1) is 18.7. The number of aromatic nitrogens is 5. The van der Waals surface area contributed by atoms with Gasteiger partial charge in [0.25, 0.3) is 0 Å². The van der Waals surface area contributed by atoms with E-state index in [0.717, 1.165) is 23.2 Å². The van der Waals surface area contributed by atoms with Crippen LogP contribution < -0.4 is 5.32 Å². The molecule has 0 unspecified atom stereocenters. The van der Waals surface area contributed by atoms with Crippen molar-refractivity contribution in [2.45, 2.75) is 38.6 Å². The van der Waals surface area contributed by atoms with Crippen molar-refractivity contribution in [1.82, 2.24) is 24.7 Å². The molecule has 3 aromatic heterocycles. The van der Waals surface area contributed by atoms with Crippen molar-refractivity contribution in [2.75, 3.05) is 5.32 Å². The Hall–Kier alpha value is -3.03. The number of aromatic amines is 1. The minimum atomic E-state index is -0.631. The van der Waals surface area contributed by atoms with Gasteiger partial charge in [-0.25, -0.2) is 18.7 Å². The molecule has 2 atom stereocenters. The summed E-state index contributed by atoms with van der Waals surface area (Å²) in [6.07, 6.45) is 8.55. The number of nitrogens with one attached hydrogen (secondary N) is 2. The molecule has 0 amide bonds. The molecule has 4 aromatic rings. The van der Waals surface area contributed by atoms with E-state index in [-0.39, 0.29) is 5.52 Å². The minimum Gasteiger partial charge on any atom is -0.366 e. The summed E-state index contributed by atoms with van der Waals surface area (Å²) in [6, 6.07) is 2.55. The Balaban J connectivity index is 1.49. The molecule has 7 rings (SSSR count). The summed E-state index contributed by atoms with van der Waals surface area (Å²) in [4.78, 5) is 12.4. The Kier molecular flexibility index (Phi) is 4.07. The number of fused-ring (bicyclic) bond motifs is 5. The maximum atomic E-state index is 14.2. The molecule has 3 aliphatic carbocycles. The third-order valence-electron chi connectivity index (χ3n) is 7.48. The summed E-state index contributed by atoms with van der Waals surface area (Å²) in [5.41, 5.74) is 1.50. The van der Waals surface area contributed by atoms with Gasteiger partial charge in [0.05, 0.1) is 17.1 Å². The molecular weight excluding hydrogens is 398 g/mol. The SMILES string of the molecule is C[C@H]1C2CCC(CC2)[C@@H]1Nc1nc(-c2c[nH]c3c(F)cc(F)cc23)nc2c1cnn2C. The standard InChI is InChI=1S/C23H24F2N6/c1-11-12-3-5-13(6-4-12)19(11)28-22-17-10-27-31(2)23(17)30-21(29-22)16-9-26-20-15(16)7-14(24)8-18(20)25/h7-13,19,26H,3-6H2,1-2H3,(H,28,29,30)/t11-,12?,13?,19+/m0/s1. The number of H-pyrrole nitrogens is 1. The van der Waals surface area contributed by atoms with E-state index in [9.17, 15) is 8.78 Å². The Labute approximate surface area is 178 Å². The van der Waals surface area contributed by atoms with E-state index in [0.29, 0.717) is 40.3 Å². The molecule has 0 aliphatic heterocycles. The zero-order chi connectivity index (χ0) is 21.3. The van der Waals surface area contributed by atoms with Crippen LogP contribution in [-0.4, -0.2) is 30.8 Å². The first-order valence-corrected chi connectivity index (χ1v) is 10.9. The Bertz CT molecular complexity index is 1300. The summed E-state index contributed by atoms with van der Waals surface area (Å²) >= 11 is 0. The molecule has 2 bridgehead atoms. The Morgan fingerprint density at radius 1 is 1.06 bits per heavy atom. The van der Waals surface area contributed by atoms with Gasteiger partial charge >= 0.3 is 0 Å². The van der Waals surface area contributed by atoms with Gasteiger partial charge in [0, 0.05) is 36.3 Å². The van der Waals surface area contributed by atoms with Crippen LogP contribution in [0.3, 0.4) is 0 Å². The molecule has 3 fully saturated rings. The van der Waals surface area contributed by atoms with Crippen LogP contribution in [0.15, 0.2) is 24.5 Å². The second kappa shape index (κ2) is 6.73. The van der Waals surface area contributed by atoms with Crippen LogP contribution >= 0.6 is 0 Å². The highest BCUT2D eigenvalue weighted by Crippen LogP contribution is 2.46. The lowest BCUT2D eigenvalue weighted by Gasteiger charge is -2.47. The number of nitrogens with zero attached hydrogens (tertiary/aromatic N) is 4. The van der Waals surface area contributed by atoms with Gasteiger partial charge < -0.3 is 10.3 Å². The smallest absolute Gasteiger partial charge is 0.166 e. The highest BCUT2D eigenvalue weighted by atomic mass is 19.1. The van der Waals surface area contributed by atoms with Crippen molar-refractivity contribution in [1.29, 1.82) is 0 Å². The van der Waals surface area contributed by atoms with Crippen molar-refractivity contribution >= 4 is 27.8 Å². The number of anilines is 1. The van der Waals surface area contributed by atoms with Gasteiger partial charge in [0.15, 0.2) is 11.5 Å². The number of benzene rings is 1. The van der Waals surface area contributed by atoms with Gasteiger partial charge in [0.2, 0.25) is 0 Å². The van der Waals surface area contributed by atoms with Crippen molar-refractivity contribution in [3.05, 3.63) is 36.2 Å². The van der Waals surface area contributed by atoms with Crippen molar-refractivity contribution in [3.8, 4) is 11.4 Å². The van der Waals surface area contributed by atoms with E-state index in [1.54, 1.807) is 17.1 Å². The Morgan fingerprint density at radius 3 is 2.61 bits per heavy atom. The first-order chi connectivity index (χ1) is 15.0. The molecule has 8 heteroatoms. The van der Waals surface area contributed by atoms with E-state index >= 15 is 0 Å². The van der Waals surface area contributed by atoms with E-state index in [1.807, 2.05) is 7.05 Å². The average Bonchev–Trinajstić information content (AvgIpc) is 3.35. The van der Waals surface area contributed by atoms with Gasteiger partial charge in [-0.3, -0.25) is 4.68 Å². The zero-order valence-electron chi connectivity index (χ0n) is 17.5. The second-order valence-electron chi connectivity index (χ2n) is 9.12. The largest absolute Gasteiger partial charge is 0.366 e. The van der Waals surface area contributed by atoms with Crippen LogP contribution in [0.25, 0.3) is 33.3 Å². The number of hydrogen-bond acceptors (Lipinski definition) is 4. The molecule has 6 nitrogen and oxygen atoms in total. The maximum Gasteiger partial charge on any atom is 0.166 e. The summed E-state index contributed by atoms with van der Waals surface area (Å²) < 4.78 is 29.9. The topological polar surface area (TPSA) is 71.4 Å². The molecule has 3 aliphatic rings. The van der Waals surface area contributed by atoms with Crippen LogP contribution in [0, 0.1) is 29.4 Å². The van der Waals surface area contributed by atoms with Gasteiger partial charge in [-0.2, -0.15) is 5.10 Å². The quantitative estimate of drug-likeness (QED) is 0.486. The zero-order valence-corrected chi connectivity index (χ0v) is 17.5. The molecule has 0 radical (unpaired) electrons. The van der Waals surface area contributed by atoms with E-state index in [1.165, 1.54) is 31.7 Å². The number of hydrogen-bond donors (Lipinski definition) is 2. The fourth-order valence-electron chi connectivity index (χ4n) is 5.75. The summed E-state index contributed by atoms with van der Waals surface area (Å²) in [7, 11) is 1.84. The number of aryl methyl sites for hydroxylation is 1. The molecule has 3 heterocycles. The van der Waals surface area contributed by atoms with Crippen LogP contribution in [0.4, 0.5) is 14.6 Å². The highest BCUT2D eigenvalue weighted by Gasteiger charge is 2.41. The minimum absolute atomic E-state index is 0.248. The average molecular weight is 422 g/mol. The predicted octanol–water partition coefficient (Wildman–Crippen LogP) is 5.03. The van der Waals surface area contributed by atoms with Gasteiger partial charge in [-0.15, -0.1) is 0 Å². The van der Waals surface area contributed by atoms with Gasteiger partial charge in [-0.05, 0) is 49.5 Å². The molecule has 2 N–H and O–H groups in total. The maximum absolute atomic E-state index is 14.2. The monoisotopic (exact) mass is 422 g/mol. The normalized spacial score (nSPS) is 25.5. The fraction of sp³-hybridized carbons (Fsp3) is 0.435. The highest BCUT2D eigenvalue weighted by molar-refractivity contribution is 5.96. The third-order valence-corrected chi connectivity index (χ3v) is 7.48. The van der Waals surface area contributed by atoms with Crippen molar-refractivity contribution in [2.24, 2.45) is 24.8 Å². The second-order valence-corrected chi connectivity index (χ2v) is 9.12. The lowest BCUT2D eigenvalue weighted by Crippen LogP contribution is -2.47. The van der Waals surface area contributed by atoms with E-state index in [2.05, 4.69) is 22.3 Å². The lowest BCUT2D eigenvalue weighted by molar-refractivity contribution is 0.0929. The van der Waals surface area contributed by atoms with Crippen molar-refractivity contribution in [3.63, 3.8) is 0 Å². The molecule has 160 valence electrons. The van der Waals surface area contributed by atoms with Crippen LogP contribution in [0.2, 0.25) is 0 Å². The first-order valence-electron chi connectivity index (χ1n) is 10.9. The third kappa shape index (κ3) is 2.84. The van der Waals surface area contributed by atoms with Gasteiger partial charge in [0.1, 0.15) is 17.5 Å². The van der Waals surface area contributed by atoms with Crippen molar-refractivity contribution < 1.29 is 8.78 Å². The molecular formula is C23H24F2N6. The Morgan fingerprint density at radius 2 is 1.84 bits per heavy atom. The van der Waals surface area contributed by atoms with Crippen LogP contribution in [0.1, 0.15) is 32.6 Å². The fourth-order valence-corrected chi connectivity index (χ4v) is 5.75. The van der Waals surface area contributed by atoms with Gasteiger partial charge in [-0.1, -0.05) is 6.92 Å². The van der Waals surface area contributed by atoms with E-state index in [4.69, 9.17) is 9.97 Å². The molecule has 1 aromatic carbocycles. The summed E-state index contributed by atoms with van der Waals surface area (Å²) in [5, 5.41) is 9.39. The molecule has 31 heavy (non-hydrogen) atoms. The molecule has 0 saturated heterocycles. The molecule has 3 saturated carbocycles. The van der Waals surface area contributed by atoms with Crippen LogP contribution in [0.5, 0.6) is 0 Å². The summed E-state index contributed by atoms with van der Waals surface area (Å²) in [6.45, 7) is 2.33.